The van der Waals surface area contributed by atoms with Crippen LogP contribution >= 0.6 is 0 Å². The summed E-state index contributed by atoms with van der Waals surface area (Å²) in [5.74, 6) is -0.278. The van der Waals surface area contributed by atoms with Crippen molar-refractivity contribution < 1.29 is 13.2 Å². The van der Waals surface area contributed by atoms with E-state index in [2.05, 4.69) is 4.72 Å². The van der Waals surface area contributed by atoms with Crippen LogP contribution in [-0.4, -0.2) is 38.9 Å². The molecule has 1 unspecified atom stereocenters. The van der Waals surface area contributed by atoms with E-state index in [-0.39, 0.29) is 10.8 Å². The highest BCUT2D eigenvalue weighted by Gasteiger charge is 2.25. The van der Waals surface area contributed by atoms with Gasteiger partial charge in [0.1, 0.15) is 0 Å². The van der Waals surface area contributed by atoms with Crippen molar-refractivity contribution in [3.63, 3.8) is 0 Å². The Labute approximate surface area is 126 Å². The van der Waals surface area contributed by atoms with E-state index in [1.165, 1.54) is 17.9 Å². The molecule has 0 aliphatic rings. The van der Waals surface area contributed by atoms with Crippen molar-refractivity contribution in [2.75, 3.05) is 19.3 Å². The van der Waals surface area contributed by atoms with Gasteiger partial charge in [-0.3, -0.25) is 4.79 Å². The predicted octanol–water partition coefficient (Wildman–Crippen LogP) is 1.03. The first-order valence-corrected chi connectivity index (χ1v) is 8.22. The minimum absolute atomic E-state index is 0.110. The molecule has 0 spiro atoms. The zero-order valence-electron chi connectivity index (χ0n) is 13.1. The average molecular weight is 313 g/mol. The average Bonchev–Trinajstić information content (AvgIpc) is 2.40. The summed E-state index contributed by atoms with van der Waals surface area (Å²) in [6.45, 7) is 7.38. The highest BCUT2D eigenvalue weighted by atomic mass is 32.2. The van der Waals surface area contributed by atoms with E-state index in [0.717, 1.165) is 5.56 Å². The van der Waals surface area contributed by atoms with Gasteiger partial charge in [-0.05, 0) is 51.0 Å². The molecule has 1 atom stereocenters. The molecule has 3 N–H and O–H groups in total. The van der Waals surface area contributed by atoms with E-state index in [1.54, 1.807) is 27.0 Å². The summed E-state index contributed by atoms with van der Waals surface area (Å²) in [6.07, 6.45) is 0. The number of amides is 1. The second-order valence-electron chi connectivity index (χ2n) is 5.16. The number of benzene rings is 1. The lowest BCUT2D eigenvalue weighted by Crippen LogP contribution is -2.45. The Morgan fingerprint density at radius 1 is 1.38 bits per heavy atom. The molecule has 0 radical (unpaired) electrons. The van der Waals surface area contributed by atoms with Crippen molar-refractivity contribution in [3.8, 4) is 0 Å². The first-order chi connectivity index (χ1) is 9.60. The Bertz CT molecular complexity index is 641. The molecule has 0 heterocycles. The number of likely N-dealkylation sites (N-methyl/N-ethyl adjacent to an activating group) is 1. The first kappa shape index (κ1) is 17.5. The van der Waals surface area contributed by atoms with Gasteiger partial charge < -0.3 is 10.6 Å². The molecule has 0 bridgehead atoms. The van der Waals surface area contributed by atoms with Crippen LogP contribution in [0, 0.1) is 13.8 Å². The smallest absolute Gasteiger partial charge is 0.241 e. The molecule has 0 saturated carbocycles. The monoisotopic (exact) mass is 313 g/mol. The second-order valence-corrected chi connectivity index (χ2v) is 6.84. The van der Waals surface area contributed by atoms with E-state index >= 15 is 0 Å². The molecular formula is C14H23N3O3S. The van der Waals surface area contributed by atoms with Gasteiger partial charge in [-0.1, -0.05) is 0 Å². The number of nitrogens with one attached hydrogen (secondary N) is 1. The number of hydrogen-bond donors (Lipinski definition) is 2. The third-order valence-corrected chi connectivity index (χ3v) is 5.15. The van der Waals surface area contributed by atoms with Gasteiger partial charge in [-0.2, -0.15) is 4.72 Å². The van der Waals surface area contributed by atoms with E-state index in [0.29, 0.717) is 17.8 Å². The van der Waals surface area contributed by atoms with Gasteiger partial charge in [0.05, 0.1) is 10.9 Å². The third-order valence-electron chi connectivity index (χ3n) is 3.48. The van der Waals surface area contributed by atoms with Crippen LogP contribution in [0.5, 0.6) is 0 Å². The number of hydrogen-bond acceptors (Lipinski definition) is 4. The number of aryl methyl sites for hydroxylation is 1. The fourth-order valence-electron chi connectivity index (χ4n) is 1.97. The number of anilines is 1. The quantitative estimate of drug-likeness (QED) is 0.794. The van der Waals surface area contributed by atoms with E-state index < -0.39 is 16.1 Å². The molecular weight excluding hydrogens is 290 g/mol. The summed E-state index contributed by atoms with van der Waals surface area (Å²) in [4.78, 5) is 13.5. The van der Waals surface area contributed by atoms with Crippen LogP contribution < -0.4 is 10.5 Å². The summed E-state index contributed by atoms with van der Waals surface area (Å²) < 4.78 is 27.3. The van der Waals surface area contributed by atoms with Crippen molar-refractivity contribution in [2.24, 2.45) is 0 Å². The summed E-state index contributed by atoms with van der Waals surface area (Å²) in [5, 5.41) is 0. The predicted molar refractivity (Wildman–Crippen MR) is 83.4 cm³/mol. The zero-order valence-corrected chi connectivity index (χ0v) is 13.9. The lowest BCUT2D eigenvalue weighted by Gasteiger charge is -2.21. The third kappa shape index (κ3) is 3.95. The molecule has 0 aromatic heterocycles. The minimum atomic E-state index is -3.80. The van der Waals surface area contributed by atoms with Gasteiger partial charge in [-0.15, -0.1) is 0 Å². The largest absolute Gasteiger partial charge is 0.399 e. The molecule has 0 aliphatic heterocycles. The molecule has 7 heteroatoms. The van der Waals surface area contributed by atoms with Crippen molar-refractivity contribution in [1.29, 1.82) is 0 Å². The maximum Gasteiger partial charge on any atom is 0.241 e. The summed E-state index contributed by atoms with van der Waals surface area (Å²) in [5.41, 5.74) is 7.51. The number of nitrogens with zero attached hydrogens (tertiary/aromatic N) is 1. The molecule has 1 rings (SSSR count). The summed E-state index contributed by atoms with van der Waals surface area (Å²) >= 11 is 0. The van der Waals surface area contributed by atoms with Crippen LogP contribution in [0.2, 0.25) is 0 Å². The fourth-order valence-corrected chi connectivity index (χ4v) is 3.51. The number of nitrogen functional groups attached to an aromatic ring is 1. The first-order valence-electron chi connectivity index (χ1n) is 6.74. The Kier molecular flexibility index (Phi) is 5.36. The van der Waals surface area contributed by atoms with E-state index in [9.17, 15) is 13.2 Å². The highest BCUT2D eigenvalue weighted by Crippen LogP contribution is 2.22. The standard InChI is InChI=1S/C14H23N3O3S/c1-6-17(5)14(18)11(4)16-21(19,20)13-8-12(15)7-9(2)10(13)3/h7-8,11,16H,6,15H2,1-5H3. The maximum absolute atomic E-state index is 12.4. The molecule has 1 aromatic carbocycles. The Balaban J connectivity index is 3.11. The van der Waals surface area contributed by atoms with Crippen molar-refractivity contribution in [2.45, 2.75) is 38.6 Å². The van der Waals surface area contributed by atoms with Crippen LogP contribution in [-0.2, 0) is 14.8 Å². The number of rotatable bonds is 5. The van der Waals surface area contributed by atoms with Gasteiger partial charge >= 0.3 is 0 Å². The molecule has 0 aliphatic carbocycles. The van der Waals surface area contributed by atoms with Crippen LogP contribution in [0.1, 0.15) is 25.0 Å². The molecule has 118 valence electrons. The minimum Gasteiger partial charge on any atom is -0.399 e. The Hall–Kier alpha value is -1.60. The topological polar surface area (TPSA) is 92.5 Å². The van der Waals surface area contributed by atoms with E-state index in [1.807, 2.05) is 6.92 Å². The Morgan fingerprint density at radius 3 is 2.48 bits per heavy atom. The molecule has 0 saturated heterocycles. The summed E-state index contributed by atoms with van der Waals surface area (Å²) in [6, 6.07) is 2.29. The zero-order chi connectivity index (χ0) is 16.4. The van der Waals surface area contributed by atoms with Gasteiger partial charge in [0.2, 0.25) is 15.9 Å². The van der Waals surface area contributed by atoms with Crippen molar-refractivity contribution >= 4 is 21.6 Å². The van der Waals surface area contributed by atoms with Gasteiger partial charge in [0.25, 0.3) is 0 Å². The second kappa shape index (κ2) is 6.44. The fraction of sp³-hybridized carbons (Fsp3) is 0.500. The number of carbonyl (C=O) groups is 1. The lowest BCUT2D eigenvalue weighted by molar-refractivity contribution is -0.131. The number of sulfonamides is 1. The molecule has 21 heavy (non-hydrogen) atoms. The van der Waals surface area contributed by atoms with Crippen molar-refractivity contribution in [1.82, 2.24) is 9.62 Å². The maximum atomic E-state index is 12.4. The SMILES string of the molecule is CCN(C)C(=O)C(C)NS(=O)(=O)c1cc(N)cc(C)c1C. The van der Waals surface area contributed by atoms with E-state index in [4.69, 9.17) is 5.73 Å². The van der Waals surface area contributed by atoms with Crippen LogP contribution in [0.3, 0.4) is 0 Å². The van der Waals surface area contributed by atoms with Gasteiger partial charge in [0.15, 0.2) is 0 Å². The number of carbonyl (C=O) groups excluding carboxylic acids is 1. The normalized spacial score (nSPS) is 13.0. The molecule has 0 fully saturated rings. The number of nitrogens with two attached hydrogens (primary N) is 1. The summed E-state index contributed by atoms with van der Waals surface area (Å²) in [7, 11) is -2.17. The molecule has 1 aromatic rings. The Morgan fingerprint density at radius 2 is 1.95 bits per heavy atom. The van der Waals surface area contributed by atoms with Crippen LogP contribution in [0.4, 0.5) is 5.69 Å². The van der Waals surface area contributed by atoms with Crippen molar-refractivity contribution in [3.05, 3.63) is 23.3 Å². The lowest BCUT2D eigenvalue weighted by atomic mass is 10.1. The molecule has 6 nitrogen and oxygen atoms in total. The van der Waals surface area contributed by atoms with Gasteiger partial charge in [-0.25, -0.2) is 8.42 Å². The molecule has 1 amide bonds. The highest BCUT2D eigenvalue weighted by molar-refractivity contribution is 7.89. The van der Waals surface area contributed by atoms with Crippen LogP contribution in [0.25, 0.3) is 0 Å². The van der Waals surface area contributed by atoms with Crippen LogP contribution in [0.15, 0.2) is 17.0 Å². The van der Waals surface area contributed by atoms with Gasteiger partial charge in [0, 0.05) is 19.3 Å².